The molecule has 0 fully saturated rings. The average molecular weight is 335 g/mol. The number of fused-ring (bicyclic) bond motifs is 1. The third-order valence-corrected chi connectivity index (χ3v) is 4.16. The van der Waals surface area contributed by atoms with Crippen molar-refractivity contribution >= 4 is 22.8 Å². The van der Waals surface area contributed by atoms with Gasteiger partial charge in [-0.3, -0.25) is 4.79 Å². The number of aromatic nitrogens is 1. The summed E-state index contributed by atoms with van der Waals surface area (Å²) < 4.78 is 1.99. The maximum atomic E-state index is 12.2. The molecule has 0 spiro atoms. The molecule has 0 unspecified atom stereocenters. The van der Waals surface area contributed by atoms with Gasteiger partial charge in [0.05, 0.1) is 12.0 Å². The Morgan fingerprint density at radius 3 is 2.48 bits per heavy atom. The van der Waals surface area contributed by atoms with Crippen molar-refractivity contribution in [3.8, 4) is 0 Å². The van der Waals surface area contributed by atoms with Gasteiger partial charge in [0.15, 0.2) is 0 Å². The van der Waals surface area contributed by atoms with Crippen LogP contribution in [0.1, 0.15) is 12.0 Å². The number of carboxylic acids is 1. The smallest absolute Gasteiger partial charge is 0.222 e. The number of hydrogen-bond acceptors (Lipinski definition) is 3. The maximum absolute atomic E-state index is 12.2. The Bertz CT molecular complexity index is 871. The van der Waals surface area contributed by atoms with E-state index in [1.807, 2.05) is 71.4 Å². The van der Waals surface area contributed by atoms with Crippen LogP contribution in [0.3, 0.4) is 0 Å². The molecule has 128 valence electrons. The van der Waals surface area contributed by atoms with Gasteiger partial charge in [-0.1, -0.05) is 48.5 Å². The molecule has 2 aromatic carbocycles. The second-order valence-electron chi connectivity index (χ2n) is 5.95. The quantitative estimate of drug-likeness (QED) is 0.711. The van der Waals surface area contributed by atoms with E-state index in [0.29, 0.717) is 6.54 Å². The number of benzene rings is 2. The van der Waals surface area contributed by atoms with Gasteiger partial charge in [0.25, 0.3) is 0 Å². The van der Waals surface area contributed by atoms with Crippen LogP contribution in [0.2, 0.25) is 0 Å². The Morgan fingerprint density at radius 2 is 1.72 bits per heavy atom. The Balaban J connectivity index is 1.59. The molecule has 1 heterocycles. The largest absolute Gasteiger partial charge is 0.548 e. The SMILES string of the molecule is O=C(CCn1ccc2ccccc21)N[C@H](Cc1ccccc1)C(=O)[O-]. The number of aliphatic carboxylic acids is 1. The van der Waals surface area contributed by atoms with Crippen LogP contribution in [0.4, 0.5) is 0 Å². The number of carbonyl (C=O) groups excluding carboxylic acids is 2. The summed E-state index contributed by atoms with van der Waals surface area (Å²) in [7, 11) is 0. The first kappa shape index (κ1) is 16.8. The molecule has 5 heteroatoms. The summed E-state index contributed by atoms with van der Waals surface area (Å²) in [5.74, 6) is -1.58. The molecular formula is C20H19N2O3-. The number of hydrogen-bond donors (Lipinski definition) is 1. The Morgan fingerprint density at radius 1 is 1.00 bits per heavy atom. The molecule has 25 heavy (non-hydrogen) atoms. The third kappa shape index (κ3) is 4.26. The number of aryl methyl sites for hydroxylation is 1. The minimum absolute atomic E-state index is 0.206. The number of amides is 1. The normalized spacial score (nSPS) is 12.0. The molecule has 3 rings (SSSR count). The van der Waals surface area contributed by atoms with Crippen LogP contribution < -0.4 is 10.4 Å². The standard InChI is InChI=1S/C20H20N2O3/c23-19(11-13-22-12-10-16-8-4-5-9-18(16)22)21-17(20(24)25)14-15-6-2-1-3-7-15/h1-10,12,17H,11,13-14H2,(H,21,23)(H,24,25)/p-1/t17-/m1/s1. The number of nitrogens with one attached hydrogen (secondary N) is 1. The van der Waals surface area contributed by atoms with Crippen LogP contribution in [0.15, 0.2) is 66.9 Å². The number of nitrogens with zero attached hydrogens (tertiary/aromatic N) is 1. The molecule has 1 amide bonds. The van der Waals surface area contributed by atoms with Gasteiger partial charge in [-0.25, -0.2) is 0 Å². The van der Waals surface area contributed by atoms with Gasteiger partial charge in [-0.15, -0.1) is 0 Å². The summed E-state index contributed by atoms with van der Waals surface area (Å²) in [6.45, 7) is 0.491. The highest BCUT2D eigenvalue weighted by molar-refractivity contribution is 5.83. The Kier molecular flexibility index (Phi) is 5.14. The van der Waals surface area contributed by atoms with Gasteiger partial charge in [0.1, 0.15) is 0 Å². The van der Waals surface area contributed by atoms with Crippen LogP contribution in [-0.2, 0) is 22.6 Å². The summed E-state index contributed by atoms with van der Waals surface area (Å²) in [4.78, 5) is 23.5. The highest BCUT2D eigenvalue weighted by Gasteiger charge is 2.14. The molecule has 0 saturated heterocycles. The lowest BCUT2D eigenvalue weighted by molar-refractivity contribution is -0.308. The zero-order valence-electron chi connectivity index (χ0n) is 13.7. The molecule has 3 aromatic rings. The zero-order chi connectivity index (χ0) is 17.6. The molecule has 0 bridgehead atoms. The van der Waals surface area contributed by atoms with E-state index in [0.717, 1.165) is 16.5 Å². The molecular weight excluding hydrogens is 316 g/mol. The van der Waals surface area contributed by atoms with Gasteiger partial charge in [-0.05, 0) is 29.5 Å². The van der Waals surface area contributed by atoms with Crippen LogP contribution in [0, 0.1) is 0 Å². The minimum atomic E-state index is -1.27. The van der Waals surface area contributed by atoms with E-state index in [2.05, 4.69) is 5.32 Å². The lowest BCUT2D eigenvalue weighted by atomic mass is 10.1. The number of carbonyl (C=O) groups is 2. The fourth-order valence-electron chi connectivity index (χ4n) is 2.87. The van der Waals surface area contributed by atoms with Crippen molar-refractivity contribution in [1.82, 2.24) is 9.88 Å². The van der Waals surface area contributed by atoms with E-state index in [-0.39, 0.29) is 18.7 Å². The maximum Gasteiger partial charge on any atom is 0.222 e. The summed E-state index contributed by atoms with van der Waals surface area (Å²) in [6.07, 6.45) is 2.34. The molecule has 5 nitrogen and oxygen atoms in total. The highest BCUT2D eigenvalue weighted by atomic mass is 16.4. The van der Waals surface area contributed by atoms with E-state index in [4.69, 9.17) is 0 Å². The van der Waals surface area contributed by atoms with Gasteiger partial charge in [0, 0.05) is 24.7 Å². The predicted octanol–water partition coefficient (Wildman–Crippen LogP) is 1.51. The molecule has 1 aromatic heterocycles. The van der Waals surface area contributed by atoms with Crippen molar-refractivity contribution in [2.24, 2.45) is 0 Å². The predicted molar refractivity (Wildman–Crippen MR) is 93.6 cm³/mol. The van der Waals surface area contributed by atoms with Crippen molar-refractivity contribution in [2.45, 2.75) is 25.4 Å². The van der Waals surface area contributed by atoms with Crippen LogP contribution >= 0.6 is 0 Å². The second-order valence-corrected chi connectivity index (χ2v) is 5.95. The summed E-state index contributed by atoms with van der Waals surface area (Å²) >= 11 is 0. The van der Waals surface area contributed by atoms with Crippen molar-refractivity contribution in [3.05, 3.63) is 72.4 Å². The van der Waals surface area contributed by atoms with Gasteiger partial charge < -0.3 is 19.8 Å². The Labute approximate surface area is 145 Å². The van der Waals surface area contributed by atoms with E-state index in [1.165, 1.54) is 0 Å². The van der Waals surface area contributed by atoms with Crippen molar-refractivity contribution < 1.29 is 14.7 Å². The van der Waals surface area contributed by atoms with Crippen LogP contribution in [-0.4, -0.2) is 22.5 Å². The third-order valence-electron chi connectivity index (χ3n) is 4.16. The number of rotatable bonds is 7. The van der Waals surface area contributed by atoms with E-state index < -0.39 is 12.0 Å². The summed E-state index contributed by atoms with van der Waals surface area (Å²) in [6, 6.07) is 18.1. The van der Waals surface area contributed by atoms with E-state index in [9.17, 15) is 14.7 Å². The number of carboxylic acid groups (broad SMARTS) is 1. The van der Waals surface area contributed by atoms with Crippen LogP contribution in [0.5, 0.6) is 0 Å². The monoisotopic (exact) mass is 335 g/mol. The summed E-state index contributed by atoms with van der Waals surface area (Å²) in [5, 5.41) is 15.0. The van der Waals surface area contributed by atoms with E-state index >= 15 is 0 Å². The van der Waals surface area contributed by atoms with E-state index in [1.54, 1.807) is 0 Å². The minimum Gasteiger partial charge on any atom is -0.548 e. The molecule has 1 N–H and O–H groups in total. The second kappa shape index (κ2) is 7.66. The molecule has 0 radical (unpaired) electrons. The first-order valence-corrected chi connectivity index (χ1v) is 8.21. The van der Waals surface area contributed by atoms with Crippen molar-refractivity contribution in [1.29, 1.82) is 0 Å². The first-order chi connectivity index (χ1) is 12.1. The summed E-state index contributed by atoms with van der Waals surface area (Å²) in [5.41, 5.74) is 1.89. The molecule has 0 aliphatic rings. The average Bonchev–Trinajstić information content (AvgIpc) is 3.03. The molecule has 0 aliphatic heterocycles. The topological polar surface area (TPSA) is 74.2 Å². The van der Waals surface area contributed by atoms with Gasteiger partial charge >= 0.3 is 0 Å². The molecule has 0 saturated carbocycles. The van der Waals surface area contributed by atoms with Crippen molar-refractivity contribution in [2.75, 3.05) is 0 Å². The fraction of sp³-hybridized carbons (Fsp3) is 0.200. The highest BCUT2D eigenvalue weighted by Crippen LogP contribution is 2.15. The number of para-hydroxylation sites is 1. The van der Waals surface area contributed by atoms with Crippen LogP contribution in [0.25, 0.3) is 10.9 Å². The van der Waals surface area contributed by atoms with Crippen molar-refractivity contribution in [3.63, 3.8) is 0 Å². The molecule has 1 atom stereocenters. The zero-order valence-corrected chi connectivity index (χ0v) is 13.7. The lowest BCUT2D eigenvalue weighted by Crippen LogP contribution is -2.49. The van der Waals surface area contributed by atoms with Gasteiger partial charge in [-0.2, -0.15) is 0 Å². The fourth-order valence-corrected chi connectivity index (χ4v) is 2.87. The molecule has 0 aliphatic carbocycles. The lowest BCUT2D eigenvalue weighted by Gasteiger charge is -2.20. The van der Waals surface area contributed by atoms with Gasteiger partial charge in [0.2, 0.25) is 5.91 Å². The Hall–Kier alpha value is -3.08. The first-order valence-electron chi connectivity index (χ1n) is 8.21.